The highest BCUT2D eigenvalue weighted by molar-refractivity contribution is 7.90. The van der Waals surface area contributed by atoms with Crippen LogP contribution in [0.4, 0.5) is 11.5 Å². The smallest absolute Gasteiger partial charge is 0.302 e. The molecule has 0 spiro atoms. The molecular weight excluding hydrogens is 240 g/mol. The molecule has 0 unspecified atom stereocenters. The Morgan fingerprint density at radius 1 is 1.29 bits per heavy atom. The lowest BCUT2D eigenvalue weighted by Gasteiger charge is -2.13. The van der Waals surface area contributed by atoms with E-state index in [0.29, 0.717) is 11.9 Å². The SMILES string of the molecule is CC(C)Nc1ccc(NS(=O)(=O)N(C)C)nc1. The fourth-order valence-corrected chi connectivity index (χ4v) is 1.66. The topological polar surface area (TPSA) is 74.3 Å². The Morgan fingerprint density at radius 3 is 2.35 bits per heavy atom. The first-order valence-corrected chi connectivity index (χ1v) is 6.68. The normalized spacial score (nSPS) is 11.9. The van der Waals surface area contributed by atoms with Crippen LogP contribution in [-0.4, -0.2) is 37.8 Å². The Morgan fingerprint density at radius 2 is 1.94 bits per heavy atom. The first kappa shape index (κ1) is 13.7. The predicted octanol–water partition coefficient (Wildman–Crippen LogP) is 1.12. The van der Waals surface area contributed by atoms with E-state index < -0.39 is 10.2 Å². The molecule has 0 aliphatic rings. The minimum absolute atomic E-state index is 0.299. The van der Waals surface area contributed by atoms with Crippen LogP contribution in [-0.2, 0) is 10.2 Å². The number of nitrogens with zero attached hydrogens (tertiary/aromatic N) is 2. The molecule has 96 valence electrons. The van der Waals surface area contributed by atoms with Crippen molar-refractivity contribution in [3.05, 3.63) is 18.3 Å². The summed E-state index contributed by atoms with van der Waals surface area (Å²) in [6.07, 6.45) is 1.59. The Labute approximate surface area is 102 Å². The summed E-state index contributed by atoms with van der Waals surface area (Å²) in [5.41, 5.74) is 0.854. The molecule has 0 atom stereocenters. The van der Waals surface area contributed by atoms with E-state index in [1.54, 1.807) is 18.3 Å². The van der Waals surface area contributed by atoms with E-state index in [-0.39, 0.29) is 0 Å². The molecule has 0 saturated heterocycles. The van der Waals surface area contributed by atoms with Crippen LogP contribution in [0.1, 0.15) is 13.8 Å². The molecule has 0 aliphatic heterocycles. The van der Waals surface area contributed by atoms with Crippen LogP contribution in [0.2, 0.25) is 0 Å². The lowest BCUT2D eigenvalue weighted by Crippen LogP contribution is -2.29. The van der Waals surface area contributed by atoms with Gasteiger partial charge in [0.25, 0.3) is 0 Å². The molecule has 6 nitrogen and oxygen atoms in total. The summed E-state index contributed by atoms with van der Waals surface area (Å²) in [6, 6.07) is 3.70. The van der Waals surface area contributed by atoms with Crippen LogP contribution in [0, 0.1) is 0 Å². The zero-order valence-electron chi connectivity index (χ0n) is 10.4. The van der Waals surface area contributed by atoms with E-state index in [2.05, 4.69) is 15.0 Å². The number of pyridine rings is 1. The van der Waals surface area contributed by atoms with Crippen molar-refractivity contribution >= 4 is 21.7 Å². The maximum atomic E-state index is 11.5. The highest BCUT2D eigenvalue weighted by Gasteiger charge is 2.13. The molecule has 0 aromatic carbocycles. The molecule has 0 fully saturated rings. The van der Waals surface area contributed by atoms with Gasteiger partial charge in [0.15, 0.2) is 0 Å². The maximum absolute atomic E-state index is 11.5. The highest BCUT2D eigenvalue weighted by Crippen LogP contribution is 2.12. The van der Waals surface area contributed by atoms with Crippen LogP contribution >= 0.6 is 0 Å². The third-order valence-corrected chi connectivity index (χ3v) is 3.36. The summed E-state index contributed by atoms with van der Waals surface area (Å²) < 4.78 is 26.5. The second-order valence-electron chi connectivity index (χ2n) is 4.12. The molecule has 1 heterocycles. The molecule has 1 aromatic heterocycles. The van der Waals surface area contributed by atoms with Gasteiger partial charge in [0, 0.05) is 20.1 Å². The van der Waals surface area contributed by atoms with Gasteiger partial charge in [0.2, 0.25) is 0 Å². The number of nitrogens with one attached hydrogen (secondary N) is 2. The van der Waals surface area contributed by atoms with Gasteiger partial charge in [0.1, 0.15) is 5.82 Å². The Bertz CT molecular complexity index is 454. The van der Waals surface area contributed by atoms with Gasteiger partial charge < -0.3 is 5.32 Å². The average molecular weight is 258 g/mol. The molecule has 1 rings (SSSR count). The maximum Gasteiger partial charge on any atom is 0.302 e. The van der Waals surface area contributed by atoms with Crippen LogP contribution in [0.25, 0.3) is 0 Å². The summed E-state index contributed by atoms with van der Waals surface area (Å²) in [6.45, 7) is 4.03. The van der Waals surface area contributed by atoms with Crippen molar-refractivity contribution in [3.8, 4) is 0 Å². The van der Waals surface area contributed by atoms with E-state index in [0.717, 1.165) is 9.99 Å². The van der Waals surface area contributed by atoms with Crippen molar-refractivity contribution in [1.29, 1.82) is 0 Å². The molecule has 0 bridgehead atoms. The summed E-state index contributed by atoms with van der Waals surface area (Å²) >= 11 is 0. The van der Waals surface area contributed by atoms with E-state index in [1.165, 1.54) is 14.1 Å². The number of hydrogen-bond acceptors (Lipinski definition) is 4. The Kier molecular flexibility index (Phi) is 4.30. The van der Waals surface area contributed by atoms with Crippen LogP contribution < -0.4 is 10.0 Å². The quantitative estimate of drug-likeness (QED) is 0.830. The third-order valence-electron chi connectivity index (χ3n) is 1.93. The Balaban J connectivity index is 2.76. The second-order valence-corrected chi connectivity index (χ2v) is 6.01. The minimum Gasteiger partial charge on any atom is -0.382 e. The van der Waals surface area contributed by atoms with Gasteiger partial charge in [-0.05, 0) is 26.0 Å². The van der Waals surface area contributed by atoms with Gasteiger partial charge in [-0.2, -0.15) is 12.7 Å². The van der Waals surface area contributed by atoms with Gasteiger partial charge in [-0.25, -0.2) is 4.98 Å². The van der Waals surface area contributed by atoms with Crippen LogP contribution in [0.15, 0.2) is 18.3 Å². The summed E-state index contributed by atoms with van der Waals surface area (Å²) in [5, 5.41) is 3.17. The largest absolute Gasteiger partial charge is 0.382 e. The highest BCUT2D eigenvalue weighted by atomic mass is 32.2. The molecule has 0 radical (unpaired) electrons. The first-order valence-electron chi connectivity index (χ1n) is 5.24. The van der Waals surface area contributed by atoms with E-state index in [4.69, 9.17) is 0 Å². The zero-order chi connectivity index (χ0) is 13.1. The molecule has 17 heavy (non-hydrogen) atoms. The lowest BCUT2D eigenvalue weighted by molar-refractivity contribution is 0.526. The molecule has 2 N–H and O–H groups in total. The van der Waals surface area contributed by atoms with E-state index >= 15 is 0 Å². The second kappa shape index (κ2) is 5.33. The fourth-order valence-electron chi connectivity index (χ4n) is 1.10. The van der Waals surface area contributed by atoms with Gasteiger partial charge in [-0.1, -0.05) is 0 Å². The average Bonchev–Trinajstić information content (AvgIpc) is 2.19. The molecule has 0 saturated carbocycles. The van der Waals surface area contributed by atoms with Crippen molar-refractivity contribution in [2.45, 2.75) is 19.9 Å². The number of hydrogen-bond donors (Lipinski definition) is 2. The predicted molar refractivity (Wildman–Crippen MR) is 69.2 cm³/mol. The lowest BCUT2D eigenvalue weighted by atomic mass is 10.3. The standard InChI is InChI=1S/C10H18N4O2S/c1-8(2)12-9-5-6-10(11-7-9)13-17(15,16)14(3)4/h5-8,12H,1-4H3,(H,11,13). The Hall–Kier alpha value is -1.34. The van der Waals surface area contributed by atoms with Crippen molar-refractivity contribution < 1.29 is 8.42 Å². The van der Waals surface area contributed by atoms with Gasteiger partial charge in [-0.3, -0.25) is 4.72 Å². The van der Waals surface area contributed by atoms with Crippen molar-refractivity contribution in [2.75, 3.05) is 24.1 Å². The van der Waals surface area contributed by atoms with Crippen molar-refractivity contribution in [2.24, 2.45) is 0 Å². The number of rotatable bonds is 5. The van der Waals surface area contributed by atoms with Crippen LogP contribution in [0.5, 0.6) is 0 Å². The summed E-state index contributed by atoms with van der Waals surface area (Å²) in [7, 11) is -0.576. The monoisotopic (exact) mass is 258 g/mol. The molecular formula is C10H18N4O2S. The molecule has 0 amide bonds. The van der Waals surface area contributed by atoms with Crippen molar-refractivity contribution in [3.63, 3.8) is 0 Å². The summed E-state index contributed by atoms with van der Waals surface area (Å²) in [5.74, 6) is 0.299. The zero-order valence-corrected chi connectivity index (χ0v) is 11.2. The first-order chi connectivity index (χ1) is 7.81. The minimum atomic E-state index is -3.49. The van der Waals surface area contributed by atoms with Gasteiger partial charge in [0.05, 0.1) is 11.9 Å². The molecule has 1 aromatic rings. The van der Waals surface area contributed by atoms with Gasteiger partial charge in [-0.15, -0.1) is 0 Å². The summed E-state index contributed by atoms with van der Waals surface area (Å²) in [4.78, 5) is 4.02. The number of aromatic nitrogens is 1. The van der Waals surface area contributed by atoms with Crippen molar-refractivity contribution in [1.82, 2.24) is 9.29 Å². The third kappa shape index (κ3) is 4.20. The van der Waals surface area contributed by atoms with Gasteiger partial charge >= 0.3 is 10.2 Å². The molecule has 0 aliphatic carbocycles. The van der Waals surface area contributed by atoms with E-state index in [1.807, 2.05) is 13.8 Å². The number of anilines is 2. The fraction of sp³-hybridized carbons (Fsp3) is 0.500. The molecule has 7 heteroatoms. The van der Waals surface area contributed by atoms with Crippen LogP contribution in [0.3, 0.4) is 0 Å². The van der Waals surface area contributed by atoms with E-state index in [9.17, 15) is 8.42 Å².